The van der Waals surface area contributed by atoms with E-state index in [1.165, 1.54) is 11.1 Å². The molecule has 2 aromatic heterocycles. The van der Waals surface area contributed by atoms with Crippen molar-refractivity contribution in [2.24, 2.45) is 0 Å². The Morgan fingerprint density at radius 1 is 1.23 bits per heavy atom. The number of benzene rings is 1. The molecule has 0 unspecified atom stereocenters. The SMILES string of the molecule is C=CCn1c(SCCCOc2cc(C)cc(C)c2)nnc1-c1ccco1. The summed E-state index contributed by atoms with van der Waals surface area (Å²) >= 11 is 1.67. The van der Waals surface area contributed by atoms with Crippen LogP contribution in [0, 0.1) is 13.8 Å². The van der Waals surface area contributed by atoms with Crippen LogP contribution in [-0.2, 0) is 6.54 Å². The summed E-state index contributed by atoms with van der Waals surface area (Å²) in [5.74, 6) is 3.27. The van der Waals surface area contributed by atoms with E-state index in [4.69, 9.17) is 9.15 Å². The number of allylic oxidation sites excluding steroid dienone is 1. The predicted octanol–water partition coefficient (Wildman–Crippen LogP) is 4.90. The molecule has 0 amide bonds. The van der Waals surface area contributed by atoms with Crippen molar-refractivity contribution in [3.63, 3.8) is 0 Å². The summed E-state index contributed by atoms with van der Waals surface area (Å²) in [6.45, 7) is 9.30. The molecule has 0 spiro atoms. The number of nitrogens with zero attached hydrogens (tertiary/aromatic N) is 3. The van der Waals surface area contributed by atoms with Crippen LogP contribution in [0.3, 0.4) is 0 Å². The second-order valence-corrected chi connectivity index (χ2v) is 7.12. The van der Waals surface area contributed by atoms with E-state index in [1.807, 2.05) is 22.8 Å². The van der Waals surface area contributed by atoms with Crippen LogP contribution >= 0.6 is 11.8 Å². The van der Waals surface area contributed by atoms with Gasteiger partial charge in [0.1, 0.15) is 5.75 Å². The Kier molecular flexibility index (Phi) is 6.17. The first-order chi connectivity index (χ1) is 12.7. The molecule has 0 radical (unpaired) electrons. The number of hydrogen-bond donors (Lipinski definition) is 0. The summed E-state index contributed by atoms with van der Waals surface area (Å²) in [7, 11) is 0. The van der Waals surface area contributed by atoms with E-state index in [0.717, 1.165) is 28.9 Å². The number of hydrogen-bond acceptors (Lipinski definition) is 5. The van der Waals surface area contributed by atoms with Gasteiger partial charge in [0.05, 0.1) is 12.9 Å². The molecule has 0 aliphatic heterocycles. The second-order valence-electron chi connectivity index (χ2n) is 6.06. The van der Waals surface area contributed by atoms with Crippen molar-refractivity contribution in [2.45, 2.75) is 32.0 Å². The van der Waals surface area contributed by atoms with Crippen molar-refractivity contribution >= 4 is 11.8 Å². The summed E-state index contributed by atoms with van der Waals surface area (Å²) in [6.07, 6.45) is 4.40. The zero-order valence-electron chi connectivity index (χ0n) is 15.1. The molecule has 0 N–H and O–H groups in total. The molecule has 1 aromatic carbocycles. The van der Waals surface area contributed by atoms with Crippen molar-refractivity contribution in [2.75, 3.05) is 12.4 Å². The Morgan fingerprint density at radius 3 is 2.73 bits per heavy atom. The highest BCUT2D eigenvalue weighted by atomic mass is 32.2. The third-order valence-corrected chi connectivity index (χ3v) is 4.81. The van der Waals surface area contributed by atoms with E-state index in [9.17, 15) is 0 Å². The molecule has 6 heteroatoms. The molecule has 0 bridgehead atoms. The lowest BCUT2D eigenvalue weighted by Crippen LogP contribution is -2.02. The lowest BCUT2D eigenvalue weighted by molar-refractivity contribution is 0.318. The number of thioether (sulfide) groups is 1. The highest BCUT2D eigenvalue weighted by Crippen LogP contribution is 2.25. The number of furan rings is 1. The Morgan fingerprint density at radius 2 is 2.04 bits per heavy atom. The van der Waals surface area contributed by atoms with Gasteiger partial charge >= 0.3 is 0 Å². The van der Waals surface area contributed by atoms with Gasteiger partial charge in [-0.3, -0.25) is 4.57 Å². The molecule has 3 rings (SSSR count). The highest BCUT2D eigenvalue weighted by Gasteiger charge is 2.15. The van der Waals surface area contributed by atoms with Crippen LogP contribution in [0.5, 0.6) is 5.75 Å². The molecule has 0 aliphatic rings. The molecule has 26 heavy (non-hydrogen) atoms. The van der Waals surface area contributed by atoms with E-state index in [1.54, 1.807) is 18.0 Å². The fourth-order valence-corrected chi connectivity index (χ4v) is 3.57. The van der Waals surface area contributed by atoms with E-state index in [0.29, 0.717) is 18.9 Å². The quantitative estimate of drug-likeness (QED) is 0.305. The van der Waals surface area contributed by atoms with Gasteiger partial charge in [0.25, 0.3) is 0 Å². The smallest absolute Gasteiger partial charge is 0.200 e. The Hall–Kier alpha value is -2.47. The molecule has 5 nitrogen and oxygen atoms in total. The molecule has 0 aliphatic carbocycles. The molecule has 0 fully saturated rings. The monoisotopic (exact) mass is 369 g/mol. The van der Waals surface area contributed by atoms with Crippen molar-refractivity contribution in [3.8, 4) is 17.3 Å². The first kappa shape index (κ1) is 18.3. The molecule has 0 saturated carbocycles. The highest BCUT2D eigenvalue weighted by molar-refractivity contribution is 7.99. The number of aryl methyl sites for hydroxylation is 2. The minimum atomic E-state index is 0.643. The van der Waals surface area contributed by atoms with E-state index >= 15 is 0 Å². The molecule has 3 aromatic rings. The van der Waals surface area contributed by atoms with Gasteiger partial charge in [0, 0.05) is 12.3 Å². The van der Waals surface area contributed by atoms with Crippen LogP contribution in [0.15, 0.2) is 58.8 Å². The van der Waals surface area contributed by atoms with Crippen LogP contribution in [0.4, 0.5) is 0 Å². The minimum absolute atomic E-state index is 0.643. The molecule has 0 saturated heterocycles. The van der Waals surface area contributed by atoms with E-state index in [-0.39, 0.29) is 0 Å². The predicted molar refractivity (Wildman–Crippen MR) is 105 cm³/mol. The largest absolute Gasteiger partial charge is 0.494 e. The second kappa shape index (κ2) is 8.76. The van der Waals surface area contributed by atoms with Gasteiger partial charge in [-0.05, 0) is 55.7 Å². The molecular weight excluding hydrogens is 346 g/mol. The maximum absolute atomic E-state index is 5.86. The van der Waals surface area contributed by atoms with Crippen LogP contribution in [0.25, 0.3) is 11.6 Å². The first-order valence-electron chi connectivity index (χ1n) is 8.59. The molecule has 0 atom stereocenters. The maximum Gasteiger partial charge on any atom is 0.200 e. The normalized spacial score (nSPS) is 10.8. The Balaban J connectivity index is 1.54. The van der Waals surface area contributed by atoms with Crippen molar-refractivity contribution in [1.29, 1.82) is 0 Å². The van der Waals surface area contributed by atoms with Crippen LogP contribution in [-0.4, -0.2) is 27.1 Å². The minimum Gasteiger partial charge on any atom is -0.494 e. The zero-order valence-corrected chi connectivity index (χ0v) is 16.0. The lowest BCUT2D eigenvalue weighted by Gasteiger charge is -2.09. The first-order valence-corrected chi connectivity index (χ1v) is 9.58. The number of ether oxygens (including phenoxy) is 1. The van der Waals surface area contributed by atoms with Gasteiger partial charge in [-0.25, -0.2) is 0 Å². The number of rotatable bonds is 9. The molecular formula is C20H23N3O2S. The van der Waals surface area contributed by atoms with Crippen molar-refractivity contribution < 1.29 is 9.15 Å². The molecule has 2 heterocycles. The van der Waals surface area contributed by atoms with Gasteiger partial charge < -0.3 is 9.15 Å². The fraction of sp³-hybridized carbons (Fsp3) is 0.300. The van der Waals surface area contributed by atoms with Crippen molar-refractivity contribution in [3.05, 3.63) is 60.4 Å². The van der Waals surface area contributed by atoms with Crippen LogP contribution in [0.2, 0.25) is 0 Å². The third kappa shape index (κ3) is 4.58. The van der Waals surface area contributed by atoms with Crippen LogP contribution in [0.1, 0.15) is 17.5 Å². The van der Waals surface area contributed by atoms with E-state index < -0.39 is 0 Å². The van der Waals surface area contributed by atoms with Gasteiger partial charge in [-0.15, -0.1) is 16.8 Å². The summed E-state index contributed by atoms with van der Waals surface area (Å²) < 4.78 is 13.3. The van der Waals surface area contributed by atoms with Crippen LogP contribution < -0.4 is 4.74 Å². The Labute approximate surface area is 158 Å². The van der Waals surface area contributed by atoms with E-state index in [2.05, 4.69) is 48.8 Å². The Bertz CT molecular complexity index is 836. The van der Waals surface area contributed by atoms with Gasteiger partial charge in [0.2, 0.25) is 5.82 Å². The summed E-state index contributed by atoms with van der Waals surface area (Å²) in [5, 5.41) is 9.42. The standard InChI is InChI=1S/C20H23N3O2S/c1-4-8-23-19(18-7-5-9-25-18)21-22-20(23)26-11-6-10-24-17-13-15(2)12-16(3)14-17/h4-5,7,9,12-14H,1,6,8,10-11H2,2-3H3. The summed E-state index contributed by atoms with van der Waals surface area (Å²) in [4.78, 5) is 0. The average Bonchev–Trinajstić information content (AvgIpc) is 3.24. The maximum atomic E-state index is 5.86. The molecule has 136 valence electrons. The zero-order chi connectivity index (χ0) is 18.4. The third-order valence-electron chi connectivity index (χ3n) is 3.75. The number of aromatic nitrogens is 3. The topological polar surface area (TPSA) is 53.1 Å². The van der Waals surface area contributed by atoms with Gasteiger partial charge in [0.15, 0.2) is 10.9 Å². The van der Waals surface area contributed by atoms with Gasteiger partial charge in [-0.1, -0.05) is 23.9 Å². The van der Waals surface area contributed by atoms with Crippen molar-refractivity contribution in [1.82, 2.24) is 14.8 Å². The average molecular weight is 369 g/mol. The van der Waals surface area contributed by atoms with Gasteiger partial charge in [-0.2, -0.15) is 0 Å². The summed E-state index contributed by atoms with van der Waals surface area (Å²) in [6, 6.07) is 10.0. The lowest BCUT2D eigenvalue weighted by atomic mass is 10.1. The summed E-state index contributed by atoms with van der Waals surface area (Å²) in [5.41, 5.74) is 2.44. The fourth-order valence-electron chi connectivity index (χ4n) is 2.71.